The first-order valence-electron chi connectivity index (χ1n) is 6.40. The standard InChI is InChI=1S/C12H24N2O4.ClH/c1-4-17-12(15)14-6-5-10(13)11(7-14)18-8-9(2)16-3;/h9-11H,4-8,13H2,1-3H3;1H/t9?,10-,11+;/m0./s1. The van der Waals surface area contributed by atoms with Crippen LogP contribution in [0.4, 0.5) is 4.79 Å². The molecule has 0 saturated carbocycles. The summed E-state index contributed by atoms with van der Waals surface area (Å²) in [4.78, 5) is 13.3. The summed E-state index contributed by atoms with van der Waals surface area (Å²) in [6, 6.07) is -0.0419. The minimum absolute atomic E-state index is 0. The van der Waals surface area contributed by atoms with Crippen LogP contribution in [0.3, 0.4) is 0 Å². The van der Waals surface area contributed by atoms with Gasteiger partial charge in [-0.2, -0.15) is 0 Å². The van der Waals surface area contributed by atoms with Crippen LogP contribution in [-0.4, -0.2) is 62.7 Å². The van der Waals surface area contributed by atoms with Gasteiger partial charge in [0, 0.05) is 19.7 Å². The third kappa shape index (κ3) is 5.95. The van der Waals surface area contributed by atoms with E-state index in [2.05, 4.69) is 0 Å². The zero-order valence-electron chi connectivity index (χ0n) is 11.8. The highest BCUT2D eigenvalue weighted by atomic mass is 35.5. The summed E-state index contributed by atoms with van der Waals surface area (Å²) in [5.74, 6) is 0. The van der Waals surface area contributed by atoms with Gasteiger partial charge in [0.05, 0.1) is 32.0 Å². The van der Waals surface area contributed by atoms with Crippen molar-refractivity contribution in [1.82, 2.24) is 4.90 Å². The van der Waals surface area contributed by atoms with Crippen molar-refractivity contribution in [1.29, 1.82) is 0 Å². The lowest BCUT2D eigenvalue weighted by Crippen LogP contribution is -2.54. The molecule has 6 nitrogen and oxygen atoms in total. The van der Waals surface area contributed by atoms with Gasteiger partial charge < -0.3 is 24.8 Å². The van der Waals surface area contributed by atoms with Gasteiger partial charge in [0.2, 0.25) is 0 Å². The number of hydrogen-bond acceptors (Lipinski definition) is 5. The summed E-state index contributed by atoms with van der Waals surface area (Å²) in [6.07, 6.45) is 0.305. The number of methoxy groups -OCH3 is 1. The number of piperidine rings is 1. The van der Waals surface area contributed by atoms with Crippen molar-refractivity contribution >= 4 is 18.5 Å². The molecule has 0 aromatic carbocycles. The molecule has 3 atom stereocenters. The maximum absolute atomic E-state index is 11.6. The molecule has 1 rings (SSSR count). The van der Waals surface area contributed by atoms with Crippen LogP contribution in [0.2, 0.25) is 0 Å². The van der Waals surface area contributed by atoms with Crippen molar-refractivity contribution in [2.75, 3.05) is 33.4 Å². The first kappa shape index (κ1) is 18.4. The summed E-state index contributed by atoms with van der Waals surface area (Å²) in [6.45, 7) is 5.69. The summed E-state index contributed by atoms with van der Waals surface area (Å²) < 4.78 is 15.8. The lowest BCUT2D eigenvalue weighted by atomic mass is 10.0. The number of nitrogens with two attached hydrogens (primary N) is 1. The number of amides is 1. The van der Waals surface area contributed by atoms with Crippen LogP contribution in [-0.2, 0) is 14.2 Å². The molecule has 0 radical (unpaired) electrons. The molecular weight excluding hydrogens is 272 g/mol. The second kappa shape index (κ2) is 9.36. The van der Waals surface area contributed by atoms with E-state index in [1.54, 1.807) is 18.9 Å². The van der Waals surface area contributed by atoms with Crippen molar-refractivity contribution < 1.29 is 19.0 Å². The molecule has 19 heavy (non-hydrogen) atoms. The third-order valence-corrected chi connectivity index (χ3v) is 3.08. The van der Waals surface area contributed by atoms with E-state index in [-0.39, 0.29) is 36.8 Å². The van der Waals surface area contributed by atoms with Gasteiger partial charge in [-0.05, 0) is 20.3 Å². The Morgan fingerprint density at radius 2 is 2.21 bits per heavy atom. The van der Waals surface area contributed by atoms with Crippen LogP contribution < -0.4 is 5.73 Å². The quantitative estimate of drug-likeness (QED) is 0.820. The van der Waals surface area contributed by atoms with Crippen molar-refractivity contribution in [2.45, 2.75) is 38.5 Å². The van der Waals surface area contributed by atoms with Crippen molar-refractivity contribution in [3.8, 4) is 0 Å². The largest absolute Gasteiger partial charge is 0.450 e. The van der Waals surface area contributed by atoms with Crippen LogP contribution in [0, 0.1) is 0 Å². The fourth-order valence-corrected chi connectivity index (χ4v) is 1.82. The van der Waals surface area contributed by atoms with Crippen LogP contribution in [0.25, 0.3) is 0 Å². The molecule has 1 heterocycles. The number of ether oxygens (including phenoxy) is 3. The Kier molecular flexibility index (Phi) is 9.08. The molecular formula is C12H25ClN2O4. The topological polar surface area (TPSA) is 74.0 Å². The van der Waals surface area contributed by atoms with Gasteiger partial charge in [-0.1, -0.05) is 0 Å². The Morgan fingerprint density at radius 1 is 1.53 bits per heavy atom. The molecule has 0 spiro atoms. The summed E-state index contributed by atoms with van der Waals surface area (Å²) in [5.41, 5.74) is 6.00. The lowest BCUT2D eigenvalue weighted by molar-refractivity contribution is -0.0522. The lowest BCUT2D eigenvalue weighted by Gasteiger charge is -2.36. The highest BCUT2D eigenvalue weighted by molar-refractivity contribution is 5.85. The first-order chi connectivity index (χ1) is 8.58. The molecule has 0 aliphatic carbocycles. The second-order valence-corrected chi connectivity index (χ2v) is 4.52. The van der Waals surface area contributed by atoms with Crippen LogP contribution in [0.15, 0.2) is 0 Å². The van der Waals surface area contributed by atoms with Crippen molar-refractivity contribution in [3.63, 3.8) is 0 Å². The zero-order valence-corrected chi connectivity index (χ0v) is 12.6. The Bertz CT molecular complexity index is 268. The van der Waals surface area contributed by atoms with Crippen LogP contribution in [0.1, 0.15) is 20.3 Å². The predicted molar refractivity (Wildman–Crippen MR) is 74.6 cm³/mol. The SMILES string of the molecule is CCOC(=O)N1CC[C@H](N)[C@H](OCC(C)OC)C1.Cl. The van der Waals surface area contributed by atoms with Gasteiger partial charge in [0.25, 0.3) is 0 Å². The molecule has 1 aliphatic heterocycles. The maximum atomic E-state index is 11.6. The van der Waals surface area contributed by atoms with Gasteiger partial charge in [-0.25, -0.2) is 4.79 Å². The number of hydrogen-bond donors (Lipinski definition) is 1. The molecule has 0 aromatic rings. The zero-order chi connectivity index (χ0) is 13.5. The molecule has 114 valence electrons. The molecule has 1 unspecified atom stereocenters. The summed E-state index contributed by atoms with van der Waals surface area (Å²) in [7, 11) is 1.64. The normalized spacial score (nSPS) is 24.5. The average molecular weight is 297 g/mol. The maximum Gasteiger partial charge on any atom is 0.409 e. The molecule has 0 bridgehead atoms. The van der Waals surface area contributed by atoms with Crippen molar-refractivity contribution in [3.05, 3.63) is 0 Å². The molecule has 1 saturated heterocycles. The predicted octanol–water partition coefficient (Wildman–Crippen LogP) is 1.02. The monoisotopic (exact) mass is 296 g/mol. The van der Waals surface area contributed by atoms with E-state index >= 15 is 0 Å². The van der Waals surface area contributed by atoms with Gasteiger partial charge in [-0.3, -0.25) is 0 Å². The number of nitrogens with zero attached hydrogens (tertiary/aromatic N) is 1. The number of carbonyl (C=O) groups is 1. The van der Waals surface area contributed by atoms with Gasteiger partial charge in [-0.15, -0.1) is 12.4 Å². The van der Waals surface area contributed by atoms with E-state index in [0.29, 0.717) is 26.3 Å². The van der Waals surface area contributed by atoms with E-state index in [1.807, 2.05) is 6.92 Å². The van der Waals surface area contributed by atoms with Crippen molar-refractivity contribution in [2.24, 2.45) is 5.73 Å². The number of halogens is 1. The molecule has 0 aromatic heterocycles. The number of likely N-dealkylation sites (tertiary alicyclic amines) is 1. The van der Waals surface area contributed by atoms with E-state index in [4.69, 9.17) is 19.9 Å². The Morgan fingerprint density at radius 3 is 2.79 bits per heavy atom. The highest BCUT2D eigenvalue weighted by Crippen LogP contribution is 2.14. The Balaban J connectivity index is 0.00000324. The highest BCUT2D eigenvalue weighted by Gasteiger charge is 2.30. The second-order valence-electron chi connectivity index (χ2n) is 4.52. The summed E-state index contributed by atoms with van der Waals surface area (Å²) >= 11 is 0. The fourth-order valence-electron chi connectivity index (χ4n) is 1.82. The summed E-state index contributed by atoms with van der Waals surface area (Å²) in [5, 5.41) is 0. The van der Waals surface area contributed by atoms with E-state index in [1.165, 1.54) is 0 Å². The minimum Gasteiger partial charge on any atom is -0.450 e. The van der Waals surface area contributed by atoms with Gasteiger partial charge in [0.1, 0.15) is 0 Å². The third-order valence-electron chi connectivity index (χ3n) is 3.08. The number of rotatable bonds is 5. The van der Waals surface area contributed by atoms with E-state index in [0.717, 1.165) is 6.42 Å². The van der Waals surface area contributed by atoms with E-state index in [9.17, 15) is 4.79 Å². The van der Waals surface area contributed by atoms with Gasteiger partial charge in [0.15, 0.2) is 0 Å². The first-order valence-corrected chi connectivity index (χ1v) is 6.40. The average Bonchev–Trinajstić information content (AvgIpc) is 2.37. The number of carbonyl (C=O) groups excluding carboxylic acids is 1. The fraction of sp³-hybridized carbons (Fsp3) is 0.917. The van der Waals surface area contributed by atoms with Crippen LogP contribution >= 0.6 is 12.4 Å². The smallest absolute Gasteiger partial charge is 0.409 e. The molecule has 2 N–H and O–H groups in total. The van der Waals surface area contributed by atoms with E-state index < -0.39 is 0 Å². The molecule has 1 aliphatic rings. The molecule has 1 amide bonds. The minimum atomic E-state index is -0.294. The molecule has 1 fully saturated rings. The van der Waals surface area contributed by atoms with Gasteiger partial charge >= 0.3 is 6.09 Å². The Labute approximate surface area is 121 Å². The Hall–Kier alpha value is -0.560. The van der Waals surface area contributed by atoms with Crippen LogP contribution in [0.5, 0.6) is 0 Å². The molecule has 7 heteroatoms.